The van der Waals surface area contributed by atoms with Crippen molar-refractivity contribution in [1.82, 2.24) is 10.2 Å². The van der Waals surface area contributed by atoms with Gasteiger partial charge < -0.3 is 19.7 Å². The molecule has 0 bridgehead atoms. The molecule has 2 amide bonds. The largest absolute Gasteiger partial charge is 0.493 e. The molecule has 3 aromatic carbocycles. The Bertz CT molecular complexity index is 1520. The number of rotatable bonds is 13. The average molecular weight is 637 g/mol. The summed E-state index contributed by atoms with van der Waals surface area (Å²) in [4.78, 5) is 28.6. The van der Waals surface area contributed by atoms with Crippen molar-refractivity contribution in [3.05, 3.63) is 81.8 Å². The minimum atomic E-state index is -4.24. The maximum absolute atomic E-state index is 14.1. The number of carbonyl (C=O) groups excluding carboxylic acids is 2. The van der Waals surface area contributed by atoms with E-state index in [1.54, 1.807) is 50.2 Å². The molecule has 12 heteroatoms. The first-order valence-corrected chi connectivity index (χ1v) is 15.5. The molecule has 0 saturated carbocycles. The summed E-state index contributed by atoms with van der Waals surface area (Å²) in [5, 5.41) is 3.41. The Hall–Kier alpha value is -3.47. The summed E-state index contributed by atoms with van der Waals surface area (Å²) in [5.74, 6) is -0.270. The number of nitrogens with one attached hydrogen (secondary N) is 1. The van der Waals surface area contributed by atoms with E-state index in [1.165, 1.54) is 43.4 Å². The van der Waals surface area contributed by atoms with Crippen LogP contribution in [0.15, 0.2) is 65.6 Å². The Morgan fingerprint density at radius 3 is 2.14 bits per heavy atom. The standard InChI is InChI=1S/C30H35Cl2N3O6S/c1-6-26(30(37)33-7-2)34(18-21-10-14-24(31)25(32)16-21)29(36)19-35(22-11-15-27(40-4)28(17-22)41-5)42(38,39)23-12-8-20(3)9-13-23/h8-17,26H,6-7,18-19H2,1-5H3,(H,33,37)/t26-/m0/s1. The van der Waals surface area contributed by atoms with E-state index in [0.29, 0.717) is 34.3 Å². The van der Waals surface area contributed by atoms with Crippen LogP contribution in [-0.4, -0.2) is 58.5 Å². The second-order valence-electron chi connectivity index (χ2n) is 9.45. The molecule has 3 rings (SSSR count). The Kier molecular flexibility index (Phi) is 11.5. The molecule has 0 heterocycles. The molecule has 226 valence electrons. The van der Waals surface area contributed by atoms with Crippen molar-refractivity contribution in [3.63, 3.8) is 0 Å². The lowest BCUT2D eigenvalue weighted by molar-refractivity contribution is -0.140. The van der Waals surface area contributed by atoms with Gasteiger partial charge in [-0.1, -0.05) is 53.9 Å². The fourth-order valence-corrected chi connectivity index (χ4v) is 6.12. The first-order valence-electron chi connectivity index (χ1n) is 13.3. The third-order valence-corrected chi connectivity index (χ3v) is 9.14. The molecular formula is C30H35Cl2N3O6S. The fraction of sp³-hybridized carbons (Fsp3) is 0.333. The molecule has 42 heavy (non-hydrogen) atoms. The first kappa shape index (κ1) is 33.0. The van der Waals surface area contributed by atoms with Crippen LogP contribution in [-0.2, 0) is 26.2 Å². The number of benzene rings is 3. The van der Waals surface area contributed by atoms with Gasteiger partial charge in [0.05, 0.1) is 34.8 Å². The molecule has 0 aliphatic rings. The van der Waals surface area contributed by atoms with Gasteiger partial charge in [0.15, 0.2) is 11.5 Å². The van der Waals surface area contributed by atoms with Gasteiger partial charge in [0.25, 0.3) is 10.0 Å². The maximum atomic E-state index is 14.1. The Morgan fingerprint density at radius 1 is 0.905 bits per heavy atom. The summed E-state index contributed by atoms with van der Waals surface area (Å²) >= 11 is 12.3. The SMILES string of the molecule is CCNC(=O)[C@H](CC)N(Cc1ccc(Cl)c(Cl)c1)C(=O)CN(c1ccc(OC)c(OC)c1)S(=O)(=O)c1ccc(C)cc1. The molecule has 0 fully saturated rings. The summed E-state index contributed by atoms with van der Waals surface area (Å²) in [5.41, 5.74) is 1.69. The van der Waals surface area contributed by atoms with Crippen molar-refractivity contribution in [2.75, 3.05) is 31.6 Å². The van der Waals surface area contributed by atoms with Crippen LogP contribution in [0.2, 0.25) is 10.0 Å². The number of likely N-dealkylation sites (N-methyl/N-ethyl adjacent to an activating group) is 1. The van der Waals surface area contributed by atoms with Gasteiger partial charge in [-0.15, -0.1) is 0 Å². The zero-order valence-electron chi connectivity index (χ0n) is 24.2. The number of hydrogen-bond acceptors (Lipinski definition) is 6. The van der Waals surface area contributed by atoms with Crippen LogP contribution in [0, 0.1) is 6.92 Å². The van der Waals surface area contributed by atoms with E-state index in [2.05, 4.69) is 5.32 Å². The molecule has 0 aromatic heterocycles. The number of sulfonamides is 1. The fourth-order valence-electron chi connectivity index (χ4n) is 4.39. The zero-order chi connectivity index (χ0) is 31.0. The highest BCUT2D eigenvalue weighted by Crippen LogP contribution is 2.34. The van der Waals surface area contributed by atoms with Gasteiger partial charge in [-0.25, -0.2) is 8.42 Å². The van der Waals surface area contributed by atoms with E-state index >= 15 is 0 Å². The van der Waals surface area contributed by atoms with Crippen molar-refractivity contribution < 1.29 is 27.5 Å². The van der Waals surface area contributed by atoms with Crippen LogP contribution >= 0.6 is 23.2 Å². The van der Waals surface area contributed by atoms with Gasteiger partial charge in [0.2, 0.25) is 11.8 Å². The smallest absolute Gasteiger partial charge is 0.264 e. The highest BCUT2D eigenvalue weighted by Gasteiger charge is 2.34. The van der Waals surface area contributed by atoms with Crippen LogP contribution in [0.25, 0.3) is 0 Å². The van der Waals surface area contributed by atoms with Crippen LogP contribution < -0.4 is 19.1 Å². The number of anilines is 1. The minimum Gasteiger partial charge on any atom is -0.493 e. The lowest BCUT2D eigenvalue weighted by Crippen LogP contribution is -2.52. The molecule has 0 saturated heterocycles. The topological polar surface area (TPSA) is 105 Å². The van der Waals surface area contributed by atoms with Crippen molar-refractivity contribution in [2.45, 2.75) is 44.7 Å². The molecule has 0 aliphatic carbocycles. The Labute approximate surface area is 257 Å². The van der Waals surface area contributed by atoms with Crippen molar-refractivity contribution in [2.24, 2.45) is 0 Å². The van der Waals surface area contributed by atoms with Crippen LogP contribution in [0.1, 0.15) is 31.4 Å². The Morgan fingerprint density at radius 2 is 1.57 bits per heavy atom. The molecule has 0 radical (unpaired) electrons. The second kappa shape index (κ2) is 14.6. The predicted molar refractivity (Wildman–Crippen MR) is 165 cm³/mol. The van der Waals surface area contributed by atoms with Gasteiger partial charge in [-0.05, 0) is 62.2 Å². The summed E-state index contributed by atoms with van der Waals surface area (Å²) in [7, 11) is -1.34. The van der Waals surface area contributed by atoms with Crippen LogP contribution in [0.3, 0.4) is 0 Å². The lowest BCUT2D eigenvalue weighted by atomic mass is 10.1. The lowest BCUT2D eigenvalue weighted by Gasteiger charge is -2.33. The zero-order valence-corrected chi connectivity index (χ0v) is 26.5. The summed E-state index contributed by atoms with van der Waals surface area (Å²) in [6.45, 7) is 5.17. The molecule has 0 spiro atoms. The quantitative estimate of drug-likeness (QED) is 0.267. The number of ether oxygens (including phenoxy) is 2. The molecule has 0 unspecified atom stereocenters. The molecule has 3 aromatic rings. The predicted octanol–water partition coefficient (Wildman–Crippen LogP) is 5.46. The Balaban J connectivity index is 2.13. The van der Waals surface area contributed by atoms with Gasteiger partial charge in [0, 0.05) is 19.2 Å². The summed E-state index contributed by atoms with van der Waals surface area (Å²) in [6, 6.07) is 15.0. The highest BCUT2D eigenvalue weighted by atomic mass is 35.5. The molecule has 0 aliphatic heterocycles. The number of carbonyl (C=O) groups is 2. The van der Waals surface area contributed by atoms with Crippen molar-refractivity contribution >= 4 is 50.7 Å². The maximum Gasteiger partial charge on any atom is 0.264 e. The summed E-state index contributed by atoms with van der Waals surface area (Å²) in [6.07, 6.45) is 0.292. The number of halogens is 2. The van der Waals surface area contributed by atoms with E-state index < -0.39 is 28.5 Å². The van der Waals surface area contributed by atoms with Gasteiger partial charge in [-0.3, -0.25) is 13.9 Å². The van der Waals surface area contributed by atoms with Crippen molar-refractivity contribution in [1.29, 1.82) is 0 Å². The molecule has 9 nitrogen and oxygen atoms in total. The van der Waals surface area contributed by atoms with E-state index in [0.717, 1.165) is 9.87 Å². The third-order valence-electron chi connectivity index (χ3n) is 6.62. The normalized spacial score (nSPS) is 11.9. The number of nitrogens with zero attached hydrogens (tertiary/aromatic N) is 2. The average Bonchev–Trinajstić information content (AvgIpc) is 2.97. The van der Waals surface area contributed by atoms with E-state index in [4.69, 9.17) is 32.7 Å². The molecule has 1 N–H and O–H groups in total. The number of aryl methyl sites for hydroxylation is 1. The van der Waals surface area contributed by atoms with E-state index in [1.807, 2.05) is 6.92 Å². The molecular weight excluding hydrogens is 601 g/mol. The monoisotopic (exact) mass is 635 g/mol. The van der Waals surface area contributed by atoms with E-state index in [-0.39, 0.29) is 28.8 Å². The second-order valence-corrected chi connectivity index (χ2v) is 12.1. The van der Waals surface area contributed by atoms with Gasteiger partial charge in [-0.2, -0.15) is 0 Å². The first-order chi connectivity index (χ1) is 20.0. The highest BCUT2D eigenvalue weighted by molar-refractivity contribution is 7.92. The van der Waals surface area contributed by atoms with Crippen molar-refractivity contribution in [3.8, 4) is 11.5 Å². The van der Waals surface area contributed by atoms with E-state index in [9.17, 15) is 18.0 Å². The van der Waals surface area contributed by atoms with Gasteiger partial charge >= 0.3 is 0 Å². The summed E-state index contributed by atoms with van der Waals surface area (Å²) < 4.78 is 39.8. The number of hydrogen-bond donors (Lipinski definition) is 1. The van der Waals surface area contributed by atoms with Crippen LogP contribution in [0.5, 0.6) is 11.5 Å². The van der Waals surface area contributed by atoms with Crippen LogP contribution in [0.4, 0.5) is 5.69 Å². The number of amides is 2. The van der Waals surface area contributed by atoms with Gasteiger partial charge in [0.1, 0.15) is 12.6 Å². The third kappa shape index (κ3) is 7.67. The molecule has 1 atom stereocenters. The number of methoxy groups -OCH3 is 2. The minimum absolute atomic E-state index is 0.00230.